The number of Topliss-reactive ketones (excluding diaryl/α,β-unsaturated/α-hetero) is 1. The van der Waals surface area contributed by atoms with Crippen LogP contribution in [0.3, 0.4) is 0 Å². The van der Waals surface area contributed by atoms with Crippen LogP contribution < -0.4 is 9.64 Å². The van der Waals surface area contributed by atoms with Crippen LogP contribution in [0.25, 0.3) is 16.9 Å². The zero-order valence-corrected chi connectivity index (χ0v) is 25.5. The number of ketones is 1. The lowest BCUT2D eigenvalue weighted by Gasteiger charge is -2.28. The van der Waals surface area contributed by atoms with Gasteiger partial charge in [0.2, 0.25) is 11.8 Å². The summed E-state index contributed by atoms with van der Waals surface area (Å²) in [6.45, 7) is 3.97. The molecule has 0 bridgehead atoms. The number of aromatic nitrogens is 4. The summed E-state index contributed by atoms with van der Waals surface area (Å²) in [7, 11) is 1.62. The van der Waals surface area contributed by atoms with Gasteiger partial charge in [-0.05, 0) is 48.4 Å². The van der Waals surface area contributed by atoms with E-state index in [2.05, 4.69) is 9.97 Å². The Morgan fingerprint density at radius 1 is 1.11 bits per heavy atom. The van der Waals surface area contributed by atoms with E-state index in [4.69, 9.17) is 24.1 Å². The van der Waals surface area contributed by atoms with Crippen LogP contribution in [-0.4, -0.2) is 82.7 Å². The Morgan fingerprint density at radius 2 is 1.93 bits per heavy atom. The van der Waals surface area contributed by atoms with Crippen molar-refractivity contribution < 1.29 is 33.0 Å². The molecule has 2 fully saturated rings. The fourth-order valence-electron chi connectivity index (χ4n) is 6.34. The molecule has 1 unspecified atom stereocenters. The molecule has 1 amide bonds. The molecular weight excluding hydrogens is 595 g/mol. The van der Waals surface area contributed by atoms with Gasteiger partial charge in [0.25, 0.3) is 0 Å². The number of hydrogen-bond acceptors (Lipinski definition) is 10. The third kappa shape index (κ3) is 5.72. The number of ether oxygens (including phenoxy) is 3. The number of carbonyl (C=O) groups excluding carboxylic acids is 2. The van der Waals surface area contributed by atoms with Gasteiger partial charge in [-0.1, -0.05) is 18.2 Å². The molecule has 1 aromatic carbocycles. The maximum atomic E-state index is 14.1. The number of para-hydroxylation sites is 1. The normalized spacial score (nSPS) is 20.7. The summed E-state index contributed by atoms with van der Waals surface area (Å²) in [6.07, 6.45) is 2.46. The maximum absolute atomic E-state index is 14.1. The fourth-order valence-corrected chi connectivity index (χ4v) is 6.34. The number of anilines is 1. The molecular formula is C33H33FN6O6. The van der Waals surface area contributed by atoms with Crippen molar-refractivity contribution in [3.05, 3.63) is 83.7 Å². The molecule has 238 valence electrons. The molecule has 6 heterocycles. The second kappa shape index (κ2) is 12.6. The van der Waals surface area contributed by atoms with Crippen molar-refractivity contribution in [3.8, 4) is 22.8 Å². The van der Waals surface area contributed by atoms with Crippen LogP contribution in [0.5, 0.6) is 5.88 Å². The largest absolute Gasteiger partial charge is 0.474 e. The van der Waals surface area contributed by atoms with E-state index in [0.717, 1.165) is 16.9 Å². The van der Waals surface area contributed by atoms with Crippen LogP contribution >= 0.6 is 0 Å². The number of carbonyl (C=O) groups is 2. The second-order valence-electron chi connectivity index (χ2n) is 11.6. The van der Waals surface area contributed by atoms with Gasteiger partial charge in [0, 0.05) is 56.9 Å². The van der Waals surface area contributed by atoms with Gasteiger partial charge in [0.1, 0.15) is 36.8 Å². The summed E-state index contributed by atoms with van der Waals surface area (Å²) in [5, 5.41) is 6.73. The predicted molar refractivity (Wildman–Crippen MR) is 163 cm³/mol. The molecule has 4 aromatic rings. The fraction of sp³-hybridized carbons (Fsp3) is 0.364. The van der Waals surface area contributed by atoms with Gasteiger partial charge >= 0.3 is 6.09 Å². The number of cyclic esters (lactones) is 1. The minimum Gasteiger partial charge on any atom is -0.474 e. The van der Waals surface area contributed by atoms with Gasteiger partial charge < -0.3 is 14.2 Å². The number of hydrogen-bond donors (Lipinski definition) is 0. The van der Waals surface area contributed by atoms with Crippen LogP contribution in [0.1, 0.15) is 29.3 Å². The average molecular weight is 629 g/mol. The highest BCUT2D eigenvalue weighted by Crippen LogP contribution is 2.40. The molecule has 2 saturated heterocycles. The van der Waals surface area contributed by atoms with Crippen LogP contribution in [0.15, 0.2) is 60.9 Å². The van der Waals surface area contributed by atoms with Crippen molar-refractivity contribution in [2.75, 3.05) is 44.9 Å². The first-order valence-corrected chi connectivity index (χ1v) is 15.2. The van der Waals surface area contributed by atoms with E-state index in [1.807, 2.05) is 43.3 Å². The highest BCUT2D eigenvalue weighted by atomic mass is 19.1. The Kier molecular flexibility index (Phi) is 8.20. The number of pyridine rings is 2. The Morgan fingerprint density at radius 3 is 2.74 bits per heavy atom. The quantitative estimate of drug-likeness (QED) is 0.236. The lowest BCUT2D eigenvalue weighted by atomic mass is 9.91. The van der Waals surface area contributed by atoms with Gasteiger partial charge in [-0.15, -0.1) is 0 Å². The molecule has 12 nitrogen and oxygen atoms in total. The molecule has 3 aliphatic rings. The maximum Gasteiger partial charge on any atom is 0.415 e. The molecule has 0 N–H and O–H groups in total. The summed E-state index contributed by atoms with van der Waals surface area (Å²) < 4.78 is 32.1. The Balaban J connectivity index is 1.19. The Labute approximate surface area is 264 Å². The molecule has 13 heteroatoms. The summed E-state index contributed by atoms with van der Waals surface area (Å²) in [6, 6.07) is 14.3. The van der Waals surface area contributed by atoms with Gasteiger partial charge in [0.15, 0.2) is 0 Å². The second-order valence-corrected chi connectivity index (χ2v) is 11.6. The van der Waals surface area contributed by atoms with Gasteiger partial charge in [-0.25, -0.2) is 19.4 Å². The monoisotopic (exact) mass is 628 g/mol. The van der Waals surface area contributed by atoms with Crippen molar-refractivity contribution in [3.63, 3.8) is 0 Å². The summed E-state index contributed by atoms with van der Waals surface area (Å²) in [5.41, 5.74) is 4.83. The Hall–Kier alpha value is -4.72. The molecule has 3 aromatic heterocycles. The topological polar surface area (TPSA) is 121 Å². The Bertz CT molecular complexity index is 1770. The first-order chi connectivity index (χ1) is 22.4. The third-order valence-electron chi connectivity index (χ3n) is 8.59. The van der Waals surface area contributed by atoms with Crippen LogP contribution in [0.4, 0.5) is 14.9 Å². The predicted octanol–water partition coefficient (Wildman–Crippen LogP) is 4.25. The van der Waals surface area contributed by atoms with Crippen LogP contribution in [0, 0.1) is 18.8 Å². The number of hydroxylamine groups is 2. The van der Waals surface area contributed by atoms with E-state index in [9.17, 15) is 14.0 Å². The van der Waals surface area contributed by atoms with E-state index in [1.165, 1.54) is 12.3 Å². The van der Waals surface area contributed by atoms with E-state index >= 15 is 0 Å². The zero-order valence-electron chi connectivity index (χ0n) is 25.5. The van der Waals surface area contributed by atoms with E-state index in [1.54, 1.807) is 34.0 Å². The van der Waals surface area contributed by atoms with Gasteiger partial charge in [0.05, 0.1) is 23.7 Å². The average Bonchev–Trinajstić information content (AvgIpc) is 3.75. The summed E-state index contributed by atoms with van der Waals surface area (Å²) in [5.74, 6) is -0.460. The molecule has 7 rings (SSSR count). The van der Waals surface area contributed by atoms with E-state index in [-0.39, 0.29) is 37.2 Å². The molecule has 3 aliphatic heterocycles. The zero-order chi connectivity index (χ0) is 31.8. The van der Waals surface area contributed by atoms with Gasteiger partial charge in [-0.2, -0.15) is 14.6 Å². The van der Waals surface area contributed by atoms with Crippen LogP contribution in [0.2, 0.25) is 0 Å². The van der Waals surface area contributed by atoms with E-state index < -0.39 is 18.1 Å². The van der Waals surface area contributed by atoms with Crippen molar-refractivity contribution in [2.24, 2.45) is 5.92 Å². The lowest BCUT2D eigenvalue weighted by Crippen LogP contribution is -2.41. The summed E-state index contributed by atoms with van der Waals surface area (Å²) in [4.78, 5) is 42.3. The van der Waals surface area contributed by atoms with E-state index in [0.29, 0.717) is 54.7 Å². The number of rotatable bonds is 10. The molecule has 0 spiro atoms. The molecule has 0 saturated carbocycles. The lowest BCUT2D eigenvalue weighted by molar-refractivity contribution is -0.155. The number of methoxy groups -OCH3 is 1. The molecule has 3 atom stereocenters. The van der Waals surface area contributed by atoms with Crippen molar-refractivity contribution >= 4 is 17.6 Å². The van der Waals surface area contributed by atoms with Gasteiger partial charge in [-0.3, -0.25) is 14.5 Å². The molecule has 46 heavy (non-hydrogen) atoms. The number of halogens is 1. The third-order valence-corrected chi connectivity index (χ3v) is 8.59. The van der Waals surface area contributed by atoms with Crippen molar-refractivity contribution in [1.29, 1.82) is 0 Å². The number of amides is 1. The first-order valence-electron chi connectivity index (χ1n) is 15.2. The smallest absolute Gasteiger partial charge is 0.415 e. The van der Waals surface area contributed by atoms with Crippen molar-refractivity contribution in [1.82, 2.24) is 24.8 Å². The number of benzene rings is 1. The summed E-state index contributed by atoms with van der Waals surface area (Å²) >= 11 is 0. The highest BCUT2D eigenvalue weighted by molar-refractivity contribution is 5.93. The first kappa shape index (κ1) is 30.0. The minimum atomic E-state index is -0.600. The number of nitrogens with zero attached hydrogens (tertiary/aromatic N) is 6. The SMILES string of the molecule is COCCN1C[C@@H](CC(=O)Cc2c(C)c(-c3cnc4c(c3)N3C(=O)OCC3CO4)nn2-c2ccccc2)[C@H](c2ccnc(F)c2)O1. The highest BCUT2D eigenvalue weighted by Gasteiger charge is 2.41. The molecule has 0 radical (unpaired) electrons. The van der Waals surface area contributed by atoms with Crippen molar-refractivity contribution in [2.45, 2.75) is 31.9 Å². The minimum absolute atomic E-state index is 0.00642. The number of fused-ring (bicyclic) bond motifs is 3. The molecule has 0 aliphatic carbocycles. The van der Waals surface area contributed by atoms with Crippen LogP contribution in [-0.2, 0) is 25.5 Å². The standard InChI is InChI=1S/C33H33FN6O6/c1-20-27(15-26(41)12-23-17-38(10-11-43-2)46-31(23)21-8-9-35-29(34)14-21)40(24-6-4-3-5-7-24)37-30(20)22-13-28-32(36-16-22)44-18-25-19-45-33(42)39(25)28/h3-9,13-14,16,23,25,31H,10-12,15,17-19H2,1-2H3/t23-,25?,31+/m1/s1.